The molecule has 1 N–H and O–H groups in total. The van der Waals surface area contributed by atoms with Crippen LogP contribution in [-0.2, 0) is 19.9 Å². The lowest BCUT2D eigenvalue weighted by atomic mass is 10.1. The van der Waals surface area contributed by atoms with E-state index in [1.807, 2.05) is 30.1 Å². The Morgan fingerprint density at radius 2 is 1.83 bits per heavy atom. The first-order valence-corrected chi connectivity index (χ1v) is 6.55. The van der Waals surface area contributed by atoms with Gasteiger partial charge in [0.15, 0.2) is 0 Å². The van der Waals surface area contributed by atoms with E-state index in [9.17, 15) is 0 Å². The van der Waals surface area contributed by atoms with Crippen LogP contribution in [0.4, 0.5) is 0 Å². The molecule has 96 valence electrons. The summed E-state index contributed by atoms with van der Waals surface area (Å²) >= 11 is 5.84. The van der Waals surface area contributed by atoms with Gasteiger partial charge in [0.2, 0.25) is 0 Å². The van der Waals surface area contributed by atoms with Gasteiger partial charge in [0.1, 0.15) is 0 Å². The molecule has 0 spiro atoms. The molecule has 0 bridgehead atoms. The number of nitrogens with zero attached hydrogens (tertiary/aromatic N) is 2. The van der Waals surface area contributed by atoms with Gasteiger partial charge in [-0.15, -0.1) is 0 Å². The van der Waals surface area contributed by atoms with E-state index >= 15 is 0 Å². The van der Waals surface area contributed by atoms with Crippen LogP contribution in [0.15, 0.2) is 36.5 Å². The summed E-state index contributed by atoms with van der Waals surface area (Å²) in [7, 11) is 1.98. The van der Waals surface area contributed by atoms with Gasteiger partial charge < -0.3 is 5.32 Å². The van der Waals surface area contributed by atoms with Crippen molar-refractivity contribution < 1.29 is 0 Å². The van der Waals surface area contributed by atoms with Gasteiger partial charge in [-0.25, -0.2) is 0 Å². The number of hydrogen-bond acceptors (Lipinski definition) is 2. The lowest BCUT2D eigenvalue weighted by Gasteiger charge is -2.05. The molecule has 0 radical (unpaired) electrons. The van der Waals surface area contributed by atoms with Crippen LogP contribution in [0.2, 0.25) is 5.02 Å². The third-order valence-corrected chi connectivity index (χ3v) is 3.24. The minimum absolute atomic E-state index is 0.794. The normalized spacial score (nSPS) is 10.8. The van der Waals surface area contributed by atoms with E-state index in [-0.39, 0.29) is 0 Å². The minimum atomic E-state index is 0.794. The Labute approximate surface area is 113 Å². The smallest absolute Gasteiger partial charge is 0.0492 e. The number of halogens is 1. The molecule has 0 saturated carbocycles. The summed E-state index contributed by atoms with van der Waals surface area (Å²) in [5, 5.41) is 8.38. The second kappa shape index (κ2) is 6.57. The zero-order valence-electron chi connectivity index (χ0n) is 10.6. The summed E-state index contributed by atoms with van der Waals surface area (Å²) in [6, 6.07) is 10.1. The standard InChI is InChI=1S/C14H18ClN3/c1-18-14(8-11-17-18)7-10-16-9-6-12-2-4-13(15)5-3-12/h2-5,8,11,16H,6-7,9-10H2,1H3. The van der Waals surface area contributed by atoms with Crippen LogP contribution in [-0.4, -0.2) is 22.9 Å². The maximum Gasteiger partial charge on any atom is 0.0492 e. The van der Waals surface area contributed by atoms with Crippen molar-refractivity contribution >= 4 is 11.6 Å². The fraction of sp³-hybridized carbons (Fsp3) is 0.357. The van der Waals surface area contributed by atoms with Gasteiger partial charge in [0, 0.05) is 36.9 Å². The van der Waals surface area contributed by atoms with E-state index in [1.165, 1.54) is 11.3 Å². The number of hydrogen-bond donors (Lipinski definition) is 1. The monoisotopic (exact) mass is 263 g/mol. The van der Waals surface area contributed by atoms with Crippen molar-refractivity contribution in [1.82, 2.24) is 15.1 Å². The molecule has 0 aliphatic heterocycles. The lowest BCUT2D eigenvalue weighted by Crippen LogP contribution is -2.21. The van der Waals surface area contributed by atoms with Gasteiger partial charge in [0.05, 0.1) is 0 Å². The van der Waals surface area contributed by atoms with E-state index < -0.39 is 0 Å². The van der Waals surface area contributed by atoms with Crippen molar-refractivity contribution in [1.29, 1.82) is 0 Å². The van der Waals surface area contributed by atoms with Crippen LogP contribution in [0, 0.1) is 0 Å². The molecule has 0 aliphatic carbocycles. The average molecular weight is 264 g/mol. The number of aryl methyl sites for hydroxylation is 1. The number of nitrogens with one attached hydrogen (secondary N) is 1. The zero-order chi connectivity index (χ0) is 12.8. The Hall–Kier alpha value is -1.32. The largest absolute Gasteiger partial charge is 0.316 e. The highest BCUT2D eigenvalue weighted by Gasteiger charge is 1.98. The fourth-order valence-electron chi connectivity index (χ4n) is 1.87. The maximum absolute atomic E-state index is 5.84. The summed E-state index contributed by atoms with van der Waals surface area (Å²) in [5.41, 5.74) is 2.57. The molecule has 1 aromatic heterocycles. The van der Waals surface area contributed by atoms with E-state index in [0.717, 1.165) is 31.0 Å². The summed E-state index contributed by atoms with van der Waals surface area (Å²) in [5.74, 6) is 0. The van der Waals surface area contributed by atoms with Crippen molar-refractivity contribution in [2.24, 2.45) is 7.05 Å². The molecule has 1 heterocycles. The molecule has 0 atom stereocenters. The lowest BCUT2D eigenvalue weighted by molar-refractivity contribution is 0.642. The molecule has 0 amide bonds. The maximum atomic E-state index is 5.84. The number of aromatic nitrogens is 2. The molecule has 4 heteroatoms. The minimum Gasteiger partial charge on any atom is -0.316 e. The highest BCUT2D eigenvalue weighted by molar-refractivity contribution is 6.30. The molecule has 0 unspecified atom stereocenters. The Kier molecular flexibility index (Phi) is 4.79. The highest BCUT2D eigenvalue weighted by atomic mass is 35.5. The first-order chi connectivity index (χ1) is 8.75. The van der Waals surface area contributed by atoms with Crippen molar-refractivity contribution in [3.8, 4) is 0 Å². The van der Waals surface area contributed by atoms with Crippen LogP contribution in [0.1, 0.15) is 11.3 Å². The first-order valence-electron chi connectivity index (χ1n) is 6.18. The second-order valence-electron chi connectivity index (χ2n) is 4.32. The Bertz CT molecular complexity index is 476. The fourth-order valence-corrected chi connectivity index (χ4v) is 2.00. The molecule has 2 rings (SSSR count). The van der Waals surface area contributed by atoms with E-state index in [0.29, 0.717) is 0 Å². The second-order valence-corrected chi connectivity index (χ2v) is 4.76. The Balaban J connectivity index is 1.64. The van der Waals surface area contributed by atoms with E-state index in [1.54, 1.807) is 0 Å². The van der Waals surface area contributed by atoms with Crippen LogP contribution in [0.25, 0.3) is 0 Å². The van der Waals surface area contributed by atoms with Crippen molar-refractivity contribution in [2.75, 3.05) is 13.1 Å². The summed E-state index contributed by atoms with van der Waals surface area (Å²) in [6.07, 6.45) is 3.88. The predicted octanol–water partition coefficient (Wildman–Crippen LogP) is 2.45. The molecule has 3 nitrogen and oxygen atoms in total. The Morgan fingerprint density at radius 3 is 2.50 bits per heavy atom. The van der Waals surface area contributed by atoms with Crippen molar-refractivity contribution in [2.45, 2.75) is 12.8 Å². The van der Waals surface area contributed by atoms with Crippen LogP contribution in [0.3, 0.4) is 0 Å². The third kappa shape index (κ3) is 3.86. The zero-order valence-corrected chi connectivity index (χ0v) is 11.3. The molecule has 0 aliphatic rings. The van der Waals surface area contributed by atoms with Crippen LogP contribution < -0.4 is 5.32 Å². The third-order valence-electron chi connectivity index (χ3n) is 2.98. The SMILES string of the molecule is Cn1nccc1CCNCCc1ccc(Cl)cc1. The highest BCUT2D eigenvalue weighted by Crippen LogP contribution is 2.09. The summed E-state index contributed by atoms with van der Waals surface area (Å²) in [4.78, 5) is 0. The van der Waals surface area contributed by atoms with Gasteiger partial charge in [-0.3, -0.25) is 4.68 Å². The van der Waals surface area contributed by atoms with Gasteiger partial charge in [-0.05, 0) is 36.7 Å². The summed E-state index contributed by atoms with van der Waals surface area (Å²) < 4.78 is 1.92. The first kappa shape index (κ1) is 13.1. The summed E-state index contributed by atoms with van der Waals surface area (Å²) in [6.45, 7) is 1.96. The van der Waals surface area contributed by atoms with Gasteiger partial charge >= 0.3 is 0 Å². The van der Waals surface area contributed by atoms with Gasteiger partial charge in [0.25, 0.3) is 0 Å². The Morgan fingerprint density at radius 1 is 1.11 bits per heavy atom. The molecular weight excluding hydrogens is 246 g/mol. The quantitative estimate of drug-likeness (QED) is 0.812. The van der Waals surface area contributed by atoms with Crippen LogP contribution in [0.5, 0.6) is 0 Å². The van der Waals surface area contributed by atoms with Crippen molar-refractivity contribution in [3.63, 3.8) is 0 Å². The topological polar surface area (TPSA) is 29.9 Å². The van der Waals surface area contributed by atoms with Gasteiger partial charge in [-0.1, -0.05) is 23.7 Å². The number of rotatable bonds is 6. The van der Waals surface area contributed by atoms with Crippen molar-refractivity contribution in [3.05, 3.63) is 52.8 Å². The molecule has 0 fully saturated rings. The molecule has 2 aromatic rings. The van der Waals surface area contributed by atoms with Crippen LogP contribution >= 0.6 is 11.6 Å². The molecule has 1 aromatic carbocycles. The molecular formula is C14H18ClN3. The number of benzene rings is 1. The molecule has 18 heavy (non-hydrogen) atoms. The average Bonchev–Trinajstić information content (AvgIpc) is 2.77. The van der Waals surface area contributed by atoms with E-state index in [2.05, 4.69) is 28.6 Å². The van der Waals surface area contributed by atoms with Gasteiger partial charge in [-0.2, -0.15) is 5.10 Å². The molecule has 0 saturated heterocycles. The van der Waals surface area contributed by atoms with E-state index in [4.69, 9.17) is 11.6 Å². The predicted molar refractivity (Wildman–Crippen MR) is 74.9 cm³/mol.